The first-order chi connectivity index (χ1) is 43.9. The van der Waals surface area contributed by atoms with E-state index in [0.29, 0.717) is 6.92 Å². The molecular weight excluding hydrogens is 1470 g/mol. The maximum atomic E-state index is 13.1. The van der Waals surface area contributed by atoms with Gasteiger partial charge < -0.3 is 119 Å². The second kappa shape index (κ2) is 31.4. The van der Waals surface area contributed by atoms with Crippen LogP contribution in [0.4, 0.5) is 0 Å². The highest BCUT2D eigenvalue weighted by molar-refractivity contribution is 7.84. The predicted molar refractivity (Wildman–Crippen MR) is 277 cm³/mol. The monoisotopic (exact) mass is 1530 g/mol. The first-order valence-corrected chi connectivity index (χ1v) is 34.2. The van der Waals surface area contributed by atoms with Gasteiger partial charge in [-0.3, -0.25) is 32.1 Å². The number of carboxylic acid groups (broad SMARTS) is 3. The zero-order valence-corrected chi connectivity index (χ0v) is 51.9. The van der Waals surface area contributed by atoms with Crippen molar-refractivity contribution in [3.05, 3.63) is 11.8 Å². The highest BCUT2D eigenvalue weighted by atomic mass is 32.3. The van der Waals surface area contributed by atoms with Crippen LogP contribution in [-0.4, -0.2) is 355 Å². The van der Waals surface area contributed by atoms with Gasteiger partial charge in [-0.15, -0.1) is 0 Å². The lowest BCUT2D eigenvalue weighted by atomic mass is 9.94. The predicted octanol–water partition coefficient (Wildman–Crippen LogP) is -14.4. The molecule has 6 rings (SSSR count). The summed E-state index contributed by atoms with van der Waals surface area (Å²) in [6.45, 7) is -4.00. The van der Waals surface area contributed by atoms with Crippen molar-refractivity contribution in [3.8, 4) is 0 Å². The van der Waals surface area contributed by atoms with Crippen molar-refractivity contribution >= 4 is 86.0 Å². The van der Waals surface area contributed by atoms with E-state index in [0.717, 1.165) is 0 Å². The van der Waals surface area contributed by atoms with Crippen LogP contribution in [0.15, 0.2) is 11.8 Å². The Morgan fingerprint density at radius 2 is 0.854 bits per heavy atom. The summed E-state index contributed by atoms with van der Waals surface area (Å²) in [7, 11) is -34.2. The second-order valence-corrected chi connectivity index (χ2v) is 27.1. The lowest BCUT2D eigenvalue weighted by Crippen LogP contribution is -2.71. The normalized spacial score (nSPS) is 39.9. The Bertz CT molecular complexity index is 3510. The molecule has 0 aliphatic carbocycles. The Morgan fingerprint density at radius 1 is 0.448 bits per heavy atom. The molecule has 28 atom stereocenters. The van der Waals surface area contributed by atoms with Gasteiger partial charge in [-0.05, 0) is 6.08 Å². The number of hydrogen-bond acceptors (Lipinski definition) is 40. The number of carbonyl (C=O) groups excluding carboxylic acids is 1. The molecule has 6 aliphatic rings. The highest BCUT2D eigenvalue weighted by Crippen LogP contribution is 2.39. The van der Waals surface area contributed by atoms with Crippen molar-refractivity contribution in [2.24, 2.45) is 0 Å². The standard InChI is InChI=1S/C38H59N3O49S6/c1-6(43)39-13-16(46)22(9(3-42)80-34(13)85-25-18(48)19(49)36(87-28(25)31(53)54)82-23-10(4-76-93(64,65)66)78-33(57)12(15(23)45)40-91(58,59)60)83-38-27(90-96(73,74)75)20(50)26(29(88-38)32(55)56)86-35-14(41-92(61,62)63)17(47)24(11(81-35)5-77-94(67,68)69)84-37-21(89-95(70,71)72)7(44)2-8(79-37)30(51)52/h2,7,9-29,33-38,40-42,44-50,57H,3-5H2,1H3,(H,39,43)(H,51,52)(H,53,54)(H,55,56)(H,58,59,60)(H,61,62,63)(H,64,65,66)(H,67,68,69)(H,70,71,72)(H,73,74,75)/t7-,9+,10+,11+,12+,13+,14+,15+,16+,17+,18+,19+,20-,21+,22+,23+,24+,25-,26-,27+,28-,29+,33-,34+,35+,36+,37-,38+/m0/s1. The van der Waals surface area contributed by atoms with Crippen LogP contribution in [0.5, 0.6) is 0 Å². The van der Waals surface area contributed by atoms with Crippen molar-refractivity contribution in [1.29, 1.82) is 0 Å². The molecule has 52 nitrogen and oxygen atoms in total. The summed E-state index contributed by atoms with van der Waals surface area (Å²) in [4.78, 5) is 50.4. The third-order valence-corrected chi connectivity index (χ3v) is 16.7. The SMILES string of the molecule is CC(=O)N[C@H]1[C@@H](O[C@H]2[C@H](O)[C@@H](O)[C@H](O[C@H]3[C@H](O)[C@@H](NS(=O)(=O)O)[C@@H](O)O[C@@H]3COS(=O)(=O)O)O[C@@H]2C(=O)O)O[C@H](CO)[C@@H](O[C@@H]2O[C@@H](C(=O)O)[C@@H](O[C@H]3O[C@H](COS(=O)(=O)O)[C@@H](O[C@@H]4OC(C(=O)O)=C[C@H](O)[C@H]4OS(=O)(=O)O)[C@H](O)[C@H]3NS(=O)(=O)O)[C@H](O)[C@H]2OS(=O)(=O)O)[C@@H]1O. The summed E-state index contributed by atoms with van der Waals surface area (Å²) in [5, 5.41) is 133. The van der Waals surface area contributed by atoms with Gasteiger partial charge in [-0.1, -0.05) is 0 Å². The molecule has 96 heavy (non-hydrogen) atoms. The van der Waals surface area contributed by atoms with Crippen LogP contribution < -0.4 is 14.8 Å². The van der Waals surface area contributed by atoms with Crippen LogP contribution in [-0.2, 0) is 150 Å². The molecule has 6 aliphatic heterocycles. The van der Waals surface area contributed by atoms with Gasteiger partial charge in [0, 0.05) is 6.92 Å². The molecule has 1 amide bonds. The van der Waals surface area contributed by atoms with E-state index in [9.17, 15) is 154 Å². The maximum absolute atomic E-state index is 13.1. The zero-order valence-electron chi connectivity index (χ0n) is 47.0. The molecule has 0 bridgehead atoms. The minimum Gasteiger partial charge on any atom is -0.479 e. The third-order valence-electron chi connectivity index (χ3n) is 13.8. The van der Waals surface area contributed by atoms with Crippen LogP contribution in [0, 0.1) is 0 Å². The number of rotatable bonds is 29. The van der Waals surface area contributed by atoms with Crippen molar-refractivity contribution < 1.29 is 227 Å². The van der Waals surface area contributed by atoms with Gasteiger partial charge in [0.05, 0.1) is 19.8 Å². The Kier molecular flexibility index (Phi) is 26.5. The van der Waals surface area contributed by atoms with Gasteiger partial charge in [0.15, 0.2) is 55.9 Å². The smallest absolute Gasteiger partial charge is 0.397 e. The molecule has 6 heterocycles. The fourth-order valence-corrected chi connectivity index (χ4v) is 12.7. The summed E-state index contributed by atoms with van der Waals surface area (Å²) in [5.41, 5.74) is 0. The fourth-order valence-electron chi connectivity index (χ4n) is 9.93. The molecule has 0 aromatic heterocycles. The number of nitrogens with one attached hydrogen (secondary N) is 3. The van der Waals surface area contributed by atoms with Gasteiger partial charge >= 0.3 is 80.1 Å². The summed E-state index contributed by atoms with van der Waals surface area (Å²) in [6, 6.07) is -7.56. The Hall–Kier alpha value is -4.12. The number of carboxylic acids is 3. The molecule has 0 aromatic carbocycles. The van der Waals surface area contributed by atoms with Gasteiger partial charge in [-0.2, -0.15) is 60.0 Å². The first kappa shape index (κ1) is 80.9. The van der Waals surface area contributed by atoms with Gasteiger partial charge in [0.2, 0.25) is 18.0 Å². The summed E-state index contributed by atoms with van der Waals surface area (Å²) < 4.78 is 279. The third kappa shape index (κ3) is 21.5. The minimum atomic E-state index is -6.09. The molecule has 0 aromatic rings. The molecule has 5 saturated heterocycles. The second-order valence-electron chi connectivity index (χ2n) is 20.5. The highest BCUT2D eigenvalue weighted by Gasteiger charge is 2.61. The van der Waals surface area contributed by atoms with Crippen LogP contribution in [0.1, 0.15) is 6.92 Å². The van der Waals surface area contributed by atoms with E-state index in [1.807, 2.05) is 5.32 Å². The van der Waals surface area contributed by atoms with Crippen LogP contribution in [0.25, 0.3) is 0 Å². The quantitative estimate of drug-likeness (QED) is 0.0309. The van der Waals surface area contributed by atoms with Crippen molar-refractivity contribution in [2.45, 2.75) is 179 Å². The molecular formula is C38H59N3O49S6. The minimum absolute atomic E-state index is 0.254. The number of ether oxygens (including phenoxy) is 11. The molecule has 0 radical (unpaired) electrons. The number of aliphatic hydroxyl groups is 9. The number of amides is 1. The van der Waals surface area contributed by atoms with Gasteiger partial charge in [-0.25, -0.2) is 31.1 Å². The molecule has 0 saturated carbocycles. The van der Waals surface area contributed by atoms with E-state index < -0.39 is 283 Å². The van der Waals surface area contributed by atoms with E-state index >= 15 is 0 Å². The zero-order chi connectivity index (χ0) is 72.6. The van der Waals surface area contributed by atoms with E-state index in [1.54, 1.807) is 0 Å². The lowest BCUT2D eigenvalue weighted by molar-refractivity contribution is -0.375. The van der Waals surface area contributed by atoms with E-state index in [1.165, 1.54) is 9.44 Å². The molecule has 5 fully saturated rings. The maximum Gasteiger partial charge on any atom is 0.397 e. The van der Waals surface area contributed by atoms with Crippen molar-refractivity contribution in [1.82, 2.24) is 14.8 Å². The van der Waals surface area contributed by atoms with E-state index in [2.05, 4.69) is 16.7 Å². The molecule has 21 N–H and O–H groups in total. The van der Waals surface area contributed by atoms with E-state index in [-0.39, 0.29) is 6.08 Å². The lowest BCUT2D eigenvalue weighted by Gasteiger charge is -2.50. The largest absolute Gasteiger partial charge is 0.479 e. The van der Waals surface area contributed by atoms with Crippen molar-refractivity contribution in [2.75, 3.05) is 19.8 Å². The first-order valence-electron chi connectivity index (χ1n) is 25.9. The molecule has 0 spiro atoms. The van der Waals surface area contributed by atoms with Crippen LogP contribution in [0.2, 0.25) is 0 Å². The van der Waals surface area contributed by atoms with Gasteiger partial charge in [0.25, 0.3) is 0 Å². The number of hydrogen-bond donors (Lipinski definition) is 21. The molecule has 0 unspecified atom stereocenters. The average molecular weight is 1530 g/mol. The average Bonchev–Trinajstić information content (AvgIpc) is 0.770. The Morgan fingerprint density at radius 3 is 1.32 bits per heavy atom. The van der Waals surface area contributed by atoms with Crippen LogP contribution >= 0.6 is 0 Å². The molecule has 58 heteroatoms. The number of aliphatic carboxylic acids is 3. The number of aliphatic hydroxyl groups excluding tert-OH is 9. The topological polar surface area (TPSA) is 812 Å². The summed E-state index contributed by atoms with van der Waals surface area (Å²) in [6.07, 6.45) is -67.2. The number of carbonyl (C=O) groups is 4. The van der Waals surface area contributed by atoms with E-state index in [4.69, 9.17) is 56.7 Å². The fraction of sp³-hybridized carbons (Fsp3) is 0.842. The van der Waals surface area contributed by atoms with Crippen LogP contribution in [0.3, 0.4) is 0 Å². The van der Waals surface area contributed by atoms with Crippen molar-refractivity contribution in [3.63, 3.8) is 0 Å². The van der Waals surface area contributed by atoms with Gasteiger partial charge in [0.1, 0.15) is 110 Å². The summed E-state index contributed by atoms with van der Waals surface area (Å²) >= 11 is 0. The summed E-state index contributed by atoms with van der Waals surface area (Å²) in [5.74, 6) is -9.19. The Balaban J connectivity index is 1.30. The molecule has 556 valence electrons. The Labute approximate surface area is 536 Å².